The Labute approximate surface area is 79.1 Å². The second-order valence-corrected chi connectivity index (χ2v) is 2.88. The molecule has 0 aliphatic rings. The minimum absolute atomic E-state index is 0.0108. The molecule has 0 radical (unpaired) electrons. The van der Waals surface area contributed by atoms with Gasteiger partial charge in [0.25, 0.3) is 0 Å². The minimum Gasteiger partial charge on any atom is -0.359 e. The molecule has 2 N–H and O–H groups in total. The molecular formula is C9H18N2O2. The lowest BCUT2D eigenvalue weighted by Crippen LogP contribution is -2.24. The number of carbonyl (C=O) groups is 2. The second kappa shape index (κ2) is 7.58. The SMILES string of the molecule is CCCNC(=O)CCCC(=O)NC. The van der Waals surface area contributed by atoms with E-state index in [1.807, 2.05) is 6.92 Å². The Morgan fingerprint density at radius 2 is 1.77 bits per heavy atom. The average molecular weight is 186 g/mol. The van der Waals surface area contributed by atoms with Gasteiger partial charge in [-0.15, -0.1) is 0 Å². The van der Waals surface area contributed by atoms with E-state index in [0.717, 1.165) is 13.0 Å². The molecule has 4 nitrogen and oxygen atoms in total. The zero-order valence-corrected chi connectivity index (χ0v) is 8.35. The van der Waals surface area contributed by atoms with Crippen LogP contribution in [0, 0.1) is 0 Å². The standard InChI is InChI=1S/C9H18N2O2/c1-3-7-11-9(13)6-4-5-8(12)10-2/h3-7H2,1-2H3,(H,10,12)(H,11,13). The van der Waals surface area contributed by atoms with Gasteiger partial charge >= 0.3 is 0 Å². The van der Waals surface area contributed by atoms with Gasteiger partial charge in [0.15, 0.2) is 0 Å². The summed E-state index contributed by atoms with van der Waals surface area (Å²) >= 11 is 0. The van der Waals surface area contributed by atoms with Crippen LogP contribution in [0.4, 0.5) is 0 Å². The predicted octanol–water partition coefficient (Wildman–Crippen LogP) is 0.429. The molecule has 0 aliphatic carbocycles. The molecular weight excluding hydrogens is 168 g/mol. The molecule has 76 valence electrons. The molecule has 0 heterocycles. The first kappa shape index (κ1) is 11.9. The zero-order chi connectivity index (χ0) is 10.1. The summed E-state index contributed by atoms with van der Waals surface area (Å²) in [6, 6.07) is 0. The highest BCUT2D eigenvalue weighted by molar-refractivity contribution is 5.78. The van der Waals surface area contributed by atoms with Crippen molar-refractivity contribution in [3.05, 3.63) is 0 Å². The van der Waals surface area contributed by atoms with E-state index in [4.69, 9.17) is 0 Å². The Kier molecular flexibility index (Phi) is 6.96. The fourth-order valence-electron chi connectivity index (χ4n) is 0.887. The largest absolute Gasteiger partial charge is 0.359 e. The Hall–Kier alpha value is -1.06. The molecule has 0 saturated heterocycles. The molecule has 2 amide bonds. The highest BCUT2D eigenvalue weighted by atomic mass is 16.2. The molecule has 0 fully saturated rings. The molecule has 0 aromatic carbocycles. The summed E-state index contributed by atoms with van der Waals surface area (Å²) in [7, 11) is 1.60. The highest BCUT2D eigenvalue weighted by Crippen LogP contribution is 1.94. The van der Waals surface area contributed by atoms with Crippen LogP contribution in [-0.4, -0.2) is 25.4 Å². The van der Waals surface area contributed by atoms with Gasteiger partial charge in [-0.05, 0) is 12.8 Å². The van der Waals surface area contributed by atoms with Gasteiger partial charge in [0, 0.05) is 26.4 Å². The Morgan fingerprint density at radius 3 is 2.31 bits per heavy atom. The van der Waals surface area contributed by atoms with Crippen molar-refractivity contribution in [2.75, 3.05) is 13.6 Å². The van der Waals surface area contributed by atoms with E-state index in [1.54, 1.807) is 7.05 Å². The van der Waals surface area contributed by atoms with Crippen molar-refractivity contribution in [1.82, 2.24) is 10.6 Å². The molecule has 0 bridgehead atoms. The van der Waals surface area contributed by atoms with E-state index in [-0.39, 0.29) is 11.8 Å². The van der Waals surface area contributed by atoms with Crippen LogP contribution in [0.1, 0.15) is 32.6 Å². The van der Waals surface area contributed by atoms with Crippen molar-refractivity contribution in [2.45, 2.75) is 32.6 Å². The molecule has 0 saturated carbocycles. The van der Waals surface area contributed by atoms with Crippen LogP contribution in [-0.2, 0) is 9.59 Å². The van der Waals surface area contributed by atoms with E-state index >= 15 is 0 Å². The summed E-state index contributed by atoms with van der Waals surface area (Å²) in [5, 5.41) is 5.26. The van der Waals surface area contributed by atoms with E-state index in [1.165, 1.54) is 0 Å². The van der Waals surface area contributed by atoms with E-state index in [9.17, 15) is 9.59 Å². The van der Waals surface area contributed by atoms with Crippen LogP contribution >= 0.6 is 0 Å². The maximum atomic E-state index is 11.0. The van der Waals surface area contributed by atoms with Crippen LogP contribution in [0.25, 0.3) is 0 Å². The summed E-state index contributed by atoms with van der Waals surface area (Å²) in [6.45, 7) is 2.73. The van der Waals surface area contributed by atoms with Crippen LogP contribution in [0.3, 0.4) is 0 Å². The molecule has 0 spiro atoms. The van der Waals surface area contributed by atoms with Crippen molar-refractivity contribution in [2.24, 2.45) is 0 Å². The lowest BCUT2D eigenvalue weighted by atomic mass is 10.2. The summed E-state index contributed by atoms with van der Waals surface area (Å²) < 4.78 is 0. The summed E-state index contributed by atoms with van der Waals surface area (Å²) in [6.07, 6.45) is 2.43. The van der Waals surface area contributed by atoms with Gasteiger partial charge in [0.1, 0.15) is 0 Å². The summed E-state index contributed by atoms with van der Waals surface area (Å²) in [4.78, 5) is 21.8. The minimum atomic E-state index is -0.0108. The van der Waals surface area contributed by atoms with Crippen molar-refractivity contribution >= 4 is 11.8 Å². The monoisotopic (exact) mass is 186 g/mol. The van der Waals surface area contributed by atoms with E-state index in [2.05, 4.69) is 10.6 Å². The Balaban J connectivity index is 3.31. The molecule has 0 aliphatic heterocycles. The molecule has 0 aromatic heterocycles. The van der Waals surface area contributed by atoms with Crippen molar-refractivity contribution in [1.29, 1.82) is 0 Å². The second-order valence-electron chi connectivity index (χ2n) is 2.88. The lowest BCUT2D eigenvalue weighted by Gasteiger charge is -2.02. The van der Waals surface area contributed by atoms with Gasteiger partial charge in [-0.1, -0.05) is 6.92 Å². The first-order valence-electron chi connectivity index (χ1n) is 4.68. The van der Waals surface area contributed by atoms with Gasteiger partial charge in [0.2, 0.25) is 11.8 Å². The topological polar surface area (TPSA) is 58.2 Å². The maximum absolute atomic E-state index is 11.0. The predicted molar refractivity (Wildman–Crippen MR) is 51.2 cm³/mol. The van der Waals surface area contributed by atoms with Gasteiger partial charge in [0.05, 0.1) is 0 Å². The molecule has 0 atom stereocenters. The van der Waals surface area contributed by atoms with Gasteiger partial charge in [-0.25, -0.2) is 0 Å². The molecule has 0 rings (SSSR count). The number of nitrogens with one attached hydrogen (secondary N) is 2. The zero-order valence-electron chi connectivity index (χ0n) is 8.35. The van der Waals surface area contributed by atoms with Gasteiger partial charge in [-0.3, -0.25) is 9.59 Å². The molecule has 13 heavy (non-hydrogen) atoms. The summed E-state index contributed by atoms with van der Waals surface area (Å²) in [5.74, 6) is 0.0223. The number of hydrogen-bond donors (Lipinski definition) is 2. The summed E-state index contributed by atoms with van der Waals surface area (Å²) in [5.41, 5.74) is 0. The maximum Gasteiger partial charge on any atom is 0.220 e. The van der Waals surface area contributed by atoms with E-state index < -0.39 is 0 Å². The first-order valence-corrected chi connectivity index (χ1v) is 4.68. The first-order chi connectivity index (χ1) is 6.20. The van der Waals surface area contributed by atoms with Crippen LogP contribution in [0.15, 0.2) is 0 Å². The molecule has 0 unspecified atom stereocenters. The third-order valence-electron chi connectivity index (χ3n) is 1.66. The van der Waals surface area contributed by atoms with Gasteiger partial charge in [-0.2, -0.15) is 0 Å². The fraction of sp³-hybridized carbons (Fsp3) is 0.778. The van der Waals surface area contributed by atoms with Crippen LogP contribution in [0.2, 0.25) is 0 Å². The van der Waals surface area contributed by atoms with Crippen molar-refractivity contribution < 1.29 is 9.59 Å². The fourth-order valence-corrected chi connectivity index (χ4v) is 0.887. The van der Waals surface area contributed by atoms with Crippen molar-refractivity contribution in [3.8, 4) is 0 Å². The Bertz CT molecular complexity index is 169. The quantitative estimate of drug-likeness (QED) is 0.632. The van der Waals surface area contributed by atoms with E-state index in [0.29, 0.717) is 19.3 Å². The lowest BCUT2D eigenvalue weighted by molar-refractivity contribution is -0.122. The number of hydrogen-bond acceptors (Lipinski definition) is 2. The highest BCUT2D eigenvalue weighted by Gasteiger charge is 2.02. The number of amides is 2. The normalized spacial score (nSPS) is 9.38. The average Bonchev–Trinajstić information content (AvgIpc) is 2.14. The Morgan fingerprint density at radius 1 is 1.15 bits per heavy atom. The third-order valence-corrected chi connectivity index (χ3v) is 1.66. The smallest absolute Gasteiger partial charge is 0.220 e. The van der Waals surface area contributed by atoms with Crippen molar-refractivity contribution in [3.63, 3.8) is 0 Å². The number of rotatable bonds is 6. The third kappa shape index (κ3) is 7.31. The molecule has 0 aromatic rings. The van der Waals surface area contributed by atoms with Crippen LogP contribution in [0.5, 0.6) is 0 Å². The van der Waals surface area contributed by atoms with Gasteiger partial charge < -0.3 is 10.6 Å². The van der Waals surface area contributed by atoms with Crippen LogP contribution < -0.4 is 10.6 Å². The number of carbonyl (C=O) groups excluding carboxylic acids is 2. The molecule has 4 heteroatoms.